The van der Waals surface area contributed by atoms with Crippen LogP contribution < -0.4 is 5.73 Å². The lowest BCUT2D eigenvalue weighted by atomic mass is 9.93. The monoisotopic (exact) mass is 352 g/mol. The lowest BCUT2D eigenvalue weighted by Gasteiger charge is -2.38. The highest BCUT2D eigenvalue weighted by atomic mass is 19.2. The number of nitrogens with zero attached hydrogens (tertiary/aromatic N) is 3. The second-order valence-electron chi connectivity index (χ2n) is 6.74. The zero-order valence-electron chi connectivity index (χ0n) is 13.8. The van der Waals surface area contributed by atoms with Crippen LogP contribution in [0.5, 0.6) is 0 Å². The second kappa shape index (κ2) is 6.12. The zero-order chi connectivity index (χ0) is 17.7. The van der Waals surface area contributed by atoms with E-state index in [0.717, 1.165) is 19.2 Å². The fourth-order valence-electron chi connectivity index (χ4n) is 3.74. The lowest BCUT2D eigenvalue weighted by Crippen LogP contribution is -2.47. The largest absolute Gasteiger partial charge is 0.370 e. The predicted molar refractivity (Wildman–Crippen MR) is 83.8 cm³/mol. The first kappa shape index (κ1) is 16.6. The molecular formula is C17H19F3N4O. The van der Waals surface area contributed by atoms with Gasteiger partial charge in [-0.1, -0.05) is 0 Å². The first-order chi connectivity index (χ1) is 11.9. The van der Waals surface area contributed by atoms with Crippen LogP contribution in [0.2, 0.25) is 0 Å². The number of hydrogen-bond acceptors (Lipinski definition) is 4. The Bertz CT molecular complexity index is 809. The third-order valence-corrected chi connectivity index (χ3v) is 5.14. The summed E-state index contributed by atoms with van der Waals surface area (Å²) in [5.41, 5.74) is 8.51. The highest BCUT2D eigenvalue weighted by molar-refractivity contribution is 5.25. The molecule has 2 aliphatic heterocycles. The number of ether oxygens (including phenoxy) is 1. The standard InChI is InChI=1S/C17H19F3N4O/c1-23-16-7-24(6-9(16)5-22-23)10-2-15(21)17(25-8-10)11-3-13(19)14(20)4-12(11)18/h3-5,10,15,17H,2,6-8,21H2,1H3/t10-,15-,17-/m1/s1. The molecule has 1 fully saturated rings. The van der Waals surface area contributed by atoms with Crippen LogP contribution in [-0.4, -0.2) is 33.4 Å². The summed E-state index contributed by atoms with van der Waals surface area (Å²) in [7, 11) is 1.91. The van der Waals surface area contributed by atoms with Crippen molar-refractivity contribution >= 4 is 0 Å². The van der Waals surface area contributed by atoms with Gasteiger partial charge in [0, 0.05) is 49.4 Å². The fraction of sp³-hybridized carbons (Fsp3) is 0.471. The molecule has 3 heterocycles. The number of aromatic nitrogens is 2. The zero-order valence-corrected chi connectivity index (χ0v) is 13.8. The van der Waals surface area contributed by atoms with Gasteiger partial charge in [-0.15, -0.1) is 0 Å². The van der Waals surface area contributed by atoms with Crippen LogP contribution in [-0.2, 0) is 24.9 Å². The Labute approximate surface area is 143 Å². The molecule has 1 aromatic carbocycles. The molecule has 0 saturated carbocycles. The number of benzene rings is 1. The summed E-state index contributed by atoms with van der Waals surface area (Å²) in [5, 5.41) is 4.24. The van der Waals surface area contributed by atoms with Crippen molar-refractivity contribution in [3.05, 3.63) is 52.6 Å². The molecule has 0 spiro atoms. The highest BCUT2D eigenvalue weighted by Crippen LogP contribution is 2.34. The van der Waals surface area contributed by atoms with Crippen LogP contribution in [0.15, 0.2) is 18.3 Å². The van der Waals surface area contributed by atoms with Gasteiger partial charge in [-0.2, -0.15) is 5.10 Å². The Kier molecular flexibility index (Phi) is 4.05. The molecular weight excluding hydrogens is 333 g/mol. The summed E-state index contributed by atoms with van der Waals surface area (Å²) in [5.74, 6) is -3.15. The van der Waals surface area contributed by atoms with Gasteiger partial charge >= 0.3 is 0 Å². The molecule has 0 amide bonds. The quantitative estimate of drug-likeness (QED) is 0.840. The third kappa shape index (κ3) is 2.84. The van der Waals surface area contributed by atoms with Crippen LogP contribution in [0.3, 0.4) is 0 Å². The van der Waals surface area contributed by atoms with Gasteiger partial charge < -0.3 is 10.5 Å². The van der Waals surface area contributed by atoms with Crippen LogP contribution in [0.1, 0.15) is 29.3 Å². The van der Waals surface area contributed by atoms with Crippen LogP contribution in [0, 0.1) is 17.5 Å². The minimum absolute atomic E-state index is 0.0289. The lowest BCUT2D eigenvalue weighted by molar-refractivity contribution is -0.0534. The van der Waals surface area contributed by atoms with E-state index in [1.54, 1.807) is 0 Å². The normalized spacial score (nSPS) is 26.8. The van der Waals surface area contributed by atoms with Crippen molar-refractivity contribution in [1.82, 2.24) is 14.7 Å². The topological polar surface area (TPSA) is 56.3 Å². The van der Waals surface area contributed by atoms with Crippen LogP contribution in [0.25, 0.3) is 0 Å². The maximum atomic E-state index is 14.0. The summed E-state index contributed by atoms with van der Waals surface area (Å²) < 4.78 is 48.2. The molecule has 1 saturated heterocycles. The van der Waals surface area contributed by atoms with E-state index in [-0.39, 0.29) is 11.6 Å². The Morgan fingerprint density at radius 2 is 1.92 bits per heavy atom. The SMILES string of the molecule is Cn1ncc2c1CN([C@H]1CO[C@H](c3cc(F)c(F)cc3F)[C@H](N)C1)C2. The van der Waals surface area contributed by atoms with Gasteiger partial charge in [0.05, 0.1) is 18.5 Å². The molecule has 1 aromatic heterocycles. The van der Waals surface area contributed by atoms with E-state index in [9.17, 15) is 13.2 Å². The molecule has 0 bridgehead atoms. The minimum Gasteiger partial charge on any atom is -0.370 e. The van der Waals surface area contributed by atoms with Gasteiger partial charge in [-0.05, 0) is 12.5 Å². The van der Waals surface area contributed by atoms with E-state index < -0.39 is 29.6 Å². The molecule has 4 rings (SSSR count). The number of aryl methyl sites for hydroxylation is 1. The van der Waals surface area contributed by atoms with Crippen molar-refractivity contribution < 1.29 is 17.9 Å². The molecule has 134 valence electrons. The molecule has 25 heavy (non-hydrogen) atoms. The second-order valence-corrected chi connectivity index (χ2v) is 6.74. The summed E-state index contributed by atoms with van der Waals surface area (Å²) in [4.78, 5) is 2.25. The van der Waals surface area contributed by atoms with E-state index in [1.165, 1.54) is 11.3 Å². The van der Waals surface area contributed by atoms with Crippen LogP contribution in [0.4, 0.5) is 13.2 Å². The Morgan fingerprint density at radius 3 is 2.64 bits per heavy atom. The molecule has 0 radical (unpaired) electrons. The average molecular weight is 352 g/mol. The minimum atomic E-state index is -1.22. The number of hydrogen-bond donors (Lipinski definition) is 1. The van der Waals surface area contributed by atoms with Crippen molar-refractivity contribution in [2.24, 2.45) is 12.8 Å². The van der Waals surface area contributed by atoms with E-state index >= 15 is 0 Å². The summed E-state index contributed by atoms with van der Waals surface area (Å²) in [6.45, 7) is 1.89. The van der Waals surface area contributed by atoms with E-state index in [0.29, 0.717) is 19.1 Å². The molecule has 2 N–H and O–H groups in total. The van der Waals surface area contributed by atoms with Crippen molar-refractivity contribution in [1.29, 1.82) is 0 Å². The maximum Gasteiger partial charge on any atom is 0.161 e. The molecule has 0 aliphatic carbocycles. The number of halogens is 3. The van der Waals surface area contributed by atoms with E-state index in [2.05, 4.69) is 10.00 Å². The van der Waals surface area contributed by atoms with E-state index in [4.69, 9.17) is 10.5 Å². The molecule has 0 unspecified atom stereocenters. The van der Waals surface area contributed by atoms with Crippen molar-refractivity contribution in [2.45, 2.75) is 37.7 Å². The fourth-order valence-corrected chi connectivity index (χ4v) is 3.74. The number of rotatable bonds is 2. The molecule has 5 nitrogen and oxygen atoms in total. The maximum absolute atomic E-state index is 14.0. The van der Waals surface area contributed by atoms with Gasteiger partial charge in [0.25, 0.3) is 0 Å². The van der Waals surface area contributed by atoms with Gasteiger partial charge in [-0.3, -0.25) is 9.58 Å². The third-order valence-electron chi connectivity index (χ3n) is 5.14. The Morgan fingerprint density at radius 1 is 1.16 bits per heavy atom. The smallest absolute Gasteiger partial charge is 0.161 e. The van der Waals surface area contributed by atoms with E-state index in [1.807, 2.05) is 17.9 Å². The Balaban J connectivity index is 1.47. The van der Waals surface area contributed by atoms with Gasteiger partial charge in [0.2, 0.25) is 0 Å². The van der Waals surface area contributed by atoms with Gasteiger partial charge in [-0.25, -0.2) is 13.2 Å². The number of nitrogens with two attached hydrogens (primary N) is 1. The molecule has 2 aromatic rings. The van der Waals surface area contributed by atoms with Gasteiger partial charge in [0.1, 0.15) is 11.9 Å². The first-order valence-electron chi connectivity index (χ1n) is 8.19. The Hall–Kier alpha value is -1.90. The predicted octanol–water partition coefficient (Wildman–Crippen LogP) is 2.01. The number of fused-ring (bicyclic) bond motifs is 1. The molecule has 2 aliphatic rings. The van der Waals surface area contributed by atoms with Crippen molar-refractivity contribution in [3.63, 3.8) is 0 Å². The van der Waals surface area contributed by atoms with Crippen molar-refractivity contribution in [2.75, 3.05) is 6.61 Å². The highest BCUT2D eigenvalue weighted by Gasteiger charge is 2.37. The summed E-state index contributed by atoms with van der Waals surface area (Å²) in [6.07, 6.45) is 1.67. The van der Waals surface area contributed by atoms with Gasteiger partial charge in [0.15, 0.2) is 11.6 Å². The van der Waals surface area contributed by atoms with Crippen LogP contribution >= 0.6 is 0 Å². The first-order valence-corrected chi connectivity index (χ1v) is 8.19. The molecule has 3 atom stereocenters. The average Bonchev–Trinajstić information content (AvgIpc) is 3.14. The summed E-state index contributed by atoms with van der Waals surface area (Å²) in [6, 6.07) is 0.969. The van der Waals surface area contributed by atoms with Crippen molar-refractivity contribution in [3.8, 4) is 0 Å². The molecule has 8 heteroatoms. The summed E-state index contributed by atoms with van der Waals surface area (Å²) >= 11 is 0.